The van der Waals surface area contributed by atoms with Crippen molar-refractivity contribution in [3.05, 3.63) is 65.5 Å². The fourth-order valence-corrected chi connectivity index (χ4v) is 4.55. The largest absolute Gasteiger partial charge is 0.362 e. The summed E-state index contributed by atoms with van der Waals surface area (Å²) < 4.78 is 0. The minimum absolute atomic E-state index is 0.0228. The predicted molar refractivity (Wildman–Crippen MR) is 143 cm³/mol. The smallest absolute Gasteiger partial charge is 0.251 e. The molecule has 0 atom stereocenters. The Kier molecular flexibility index (Phi) is 9.35. The zero-order chi connectivity index (χ0) is 25.4. The molecule has 0 saturated heterocycles. The van der Waals surface area contributed by atoms with Gasteiger partial charge in [0.2, 0.25) is 0 Å². The summed E-state index contributed by atoms with van der Waals surface area (Å²) in [6.45, 7) is 6.47. The van der Waals surface area contributed by atoms with Gasteiger partial charge in [0.05, 0.1) is 5.52 Å². The van der Waals surface area contributed by atoms with Crippen molar-refractivity contribution in [2.75, 3.05) is 25.5 Å². The molecule has 2 aromatic carbocycles. The van der Waals surface area contributed by atoms with Crippen molar-refractivity contribution in [1.29, 1.82) is 0 Å². The molecule has 4 rings (SSSR count). The van der Waals surface area contributed by atoms with Crippen molar-refractivity contribution in [3.8, 4) is 0 Å². The molecular formula is C29H38N4O2. The lowest BCUT2D eigenvalue weighted by Crippen LogP contribution is -2.31. The Hall–Kier alpha value is -3.28. The molecule has 1 aromatic heterocycles. The topological polar surface area (TPSA) is 75.2 Å². The van der Waals surface area contributed by atoms with Crippen LogP contribution in [0.15, 0.2) is 48.5 Å². The molecule has 6 nitrogen and oxygen atoms in total. The van der Waals surface area contributed by atoms with Crippen LogP contribution in [0.25, 0.3) is 10.9 Å². The van der Waals surface area contributed by atoms with E-state index < -0.39 is 0 Å². The molecule has 0 aliphatic heterocycles. The number of amides is 1. The van der Waals surface area contributed by atoms with Gasteiger partial charge >= 0.3 is 0 Å². The Balaban J connectivity index is 0.000000211. The summed E-state index contributed by atoms with van der Waals surface area (Å²) in [6.07, 6.45) is 6.32. The maximum Gasteiger partial charge on any atom is 0.251 e. The summed E-state index contributed by atoms with van der Waals surface area (Å²) >= 11 is 0. The average Bonchev–Trinajstić information content (AvgIpc) is 2.87. The molecule has 3 aromatic rings. The van der Waals surface area contributed by atoms with E-state index >= 15 is 0 Å². The molecule has 1 heterocycles. The van der Waals surface area contributed by atoms with Gasteiger partial charge in [0, 0.05) is 37.2 Å². The highest BCUT2D eigenvalue weighted by atomic mass is 16.1. The number of rotatable bonds is 6. The van der Waals surface area contributed by atoms with Crippen molar-refractivity contribution in [2.24, 2.45) is 11.8 Å². The van der Waals surface area contributed by atoms with E-state index in [1.807, 2.05) is 50.2 Å². The van der Waals surface area contributed by atoms with Gasteiger partial charge in [-0.2, -0.15) is 0 Å². The van der Waals surface area contributed by atoms with E-state index in [0.29, 0.717) is 17.0 Å². The quantitative estimate of drug-likeness (QED) is 0.454. The van der Waals surface area contributed by atoms with Crippen LogP contribution in [0.5, 0.6) is 0 Å². The number of carbonyl (C=O) groups is 2. The van der Waals surface area contributed by atoms with Crippen molar-refractivity contribution >= 4 is 28.4 Å². The van der Waals surface area contributed by atoms with Crippen molar-refractivity contribution in [3.63, 3.8) is 0 Å². The molecule has 1 aliphatic rings. The summed E-state index contributed by atoms with van der Waals surface area (Å²) in [4.78, 5) is 34.1. The molecule has 186 valence electrons. The van der Waals surface area contributed by atoms with Crippen LogP contribution in [0.4, 0.5) is 5.82 Å². The number of anilines is 1. The maximum atomic E-state index is 12.1. The van der Waals surface area contributed by atoms with Crippen molar-refractivity contribution in [1.82, 2.24) is 15.3 Å². The Morgan fingerprint density at radius 3 is 2.11 bits per heavy atom. The number of benzene rings is 2. The number of carbonyl (C=O) groups excluding carboxylic acids is 2. The second kappa shape index (κ2) is 12.4. The summed E-state index contributed by atoms with van der Waals surface area (Å²) in [7, 11) is 3.99. The maximum absolute atomic E-state index is 12.1. The highest BCUT2D eigenvalue weighted by Crippen LogP contribution is 2.30. The number of aryl methyl sites for hydroxylation is 1. The molecule has 35 heavy (non-hydrogen) atoms. The summed E-state index contributed by atoms with van der Waals surface area (Å²) in [5.74, 6) is 3.28. The van der Waals surface area contributed by atoms with E-state index in [-0.39, 0.29) is 11.7 Å². The van der Waals surface area contributed by atoms with Crippen LogP contribution in [-0.2, 0) is 0 Å². The van der Waals surface area contributed by atoms with Gasteiger partial charge in [-0.25, -0.2) is 9.97 Å². The van der Waals surface area contributed by atoms with E-state index in [0.717, 1.165) is 35.0 Å². The molecule has 0 radical (unpaired) electrons. The molecule has 1 amide bonds. The summed E-state index contributed by atoms with van der Waals surface area (Å²) in [5, 5.41) is 4.13. The minimum atomic E-state index is -0.0392. The fraction of sp³-hybridized carbons (Fsp3) is 0.448. The van der Waals surface area contributed by atoms with Gasteiger partial charge in [0.1, 0.15) is 11.6 Å². The van der Waals surface area contributed by atoms with Crippen LogP contribution in [0, 0.1) is 18.8 Å². The fourth-order valence-electron chi connectivity index (χ4n) is 4.55. The Bertz CT molecular complexity index is 1130. The van der Waals surface area contributed by atoms with Gasteiger partial charge in [-0.05, 0) is 62.8 Å². The lowest BCUT2D eigenvalue weighted by Gasteiger charge is -2.27. The van der Waals surface area contributed by atoms with Gasteiger partial charge in [-0.1, -0.05) is 50.5 Å². The second-order valence-corrected chi connectivity index (χ2v) is 9.64. The third kappa shape index (κ3) is 7.35. The predicted octanol–water partition coefficient (Wildman–Crippen LogP) is 5.84. The Morgan fingerprint density at radius 2 is 1.51 bits per heavy atom. The second-order valence-electron chi connectivity index (χ2n) is 9.64. The molecule has 0 spiro atoms. The SMILES string of the molecule is CCC1CCC(CNC(=O)c2ccc(C(C)=O)cc2)CC1.Cc1nc(N(C)C)c2ccccc2n1. The highest BCUT2D eigenvalue weighted by Gasteiger charge is 2.20. The number of ketones is 1. The Labute approximate surface area is 209 Å². The van der Waals surface area contributed by atoms with Crippen molar-refractivity contribution < 1.29 is 9.59 Å². The van der Waals surface area contributed by atoms with E-state index in [1.165, 1.54) is 39.0 Å². The highest BCUT2D eigenvalue weighted by molar-refractivity contribution is 5.97. The number of Topliss-reactive ketones (excluding diaryl/α,β-unsaturated/α-hetero) is 1. The number of hydrogen-bond donors (Lipinski definition) is 1. The van der Waals surface area contributed by atoms with Gasteiger partial charge in [0.15, 0.2) is 5.78 Å². The zero-order valence-corrected chi connectivity index (χ0v) is 21.7. The third-order valence-corrected chi connectivity index (χ3v) is 6.77. The summed E-state index contributed by atoms with van der Waals surface area (Å²) in [5.41, 5.74) is 2.27. The molecule has 1 saturated carbocycles. The van der Waals surface area contributed by atoms with Gasteiger partial charge in [0.25, 0.3) is 5.91 Å². The number of nitrogens with zero attached hydrogens (tertiary/aromatic N) is 3. The van der Waals surface area contributed by atoms with Crippen LogP contribution in [0.2, 0.25) is 0 Å². The van der Waals surface area contributed by atoms with E-state index in [2.05, 4.69) is 22.2 Å². The first-order valence-electron chi connectivity index (χ1n) is 12.6. The third-order valence-electron chi connectivity index (χ3n) is 6.77. The number of nitrogens with one attached hydrogen (secondary N) is 1. The van der Waals surface area contributed by atoms with E-state index in [9.17, 15) is 9.59 Å². The number of aromatic nitrogens is 2. The first-order valence-corrected chi connectivity index (χ1v) is 12.6. The minimum Gasteiger partial charge on any atom is -0.362 e. The molecule has 1 N–H and O–H groups in total. The zero-order valence-electron chi connectivity index (χ0n) is 21.7. The first-order chi connectivity index (χ1) is 16.8. The lowest BCUT2D eigenvalue weighted by atomic mass is 9.81. The van der Waals surface area contributed by atoms with E-state index in [1.54, 1.807) is 24.3 Å². The number of hydrogen-bond acceptors (Lipinski definition) is 5. The average molecular weight is 475 g/mol. The Morgan fingerprint density at radius 1 is 0.914 bits per heavy atom. The molecule has 0 bridgehead atoms. The van der Waals surface area contributed by atoms with Crippen molar-refractivity contribution in [2.45, 2.75) is 52.9 Å². The normalized spacial score (nSPS) is 17.3. The monoisotopic (exact) mass is 474 g/mol. The van der Waals surface area contributed by atoms with Gasteiger partial charge < -0.3 is 10.2 Å². The molecule has 0 unspecified atom stereocenters. The summed E-state index contributed by atoms with van der Waals surface area (Å²) in [6, 6.07) is 14.9. The van der Waals surface area contributed by atoms with Crippen LogP contribution in [0.1, 0.15) is 72.5 Å². The van der Waals surface area contributed by atoms with Crippen LogP contribution in [0.3, 0.4) is 0 Å². The molecular weight excluding hydrogens is 436 g/mol. The standard InChI is InChI=1S/C18H25NO2.C11H13N3/c1-3-14-4-6-15(7-5-14)12-19-18(21)17-10-8-16(9-11-17)13(2)20;1-8-12-10-7-5-4-6-9(10)11(13-8)14(2)3/h8-11,14-15H,3-7,12H2,1-2H3,(H,19,21);4-7H,1-3H3. The molecule has 1 fully saturated rings. The first kappa shape index (κ1) is 26.3. The lowest BCUT2D eigenvalue weighted by molar-refractivity contribution is 0.0939. The van der Waals surface area contributed by atoms with Crippen LogP contribution >= 0.6 is 0 Å². The van der Waals surface area contributed by atoms with Crippen LogP contribution < -0.4 is 10.2 Å². The van der Waals surface area contributed by atoms with Gasteiger partial charge in [-0.15, -0.1) is 0 Å². The number of para-hydroxylation sites is 1. The molecule has 6 heteroatoms. The van der Waals surface area contributed by atoms with E-state index in [4.69, 9.17) is 0 Å². The van der Waals surface area contributed by atoms with Crippen LogP contribution in [-0.4, -0.2) is 42.3 Å². The van der Waals surface area contributed by atoms with Gasteiger partial charge in [-0.3, -0.25) is 9.59 Å². The molecule has 1 aliphatic carbocycles. The number of fused-ring (bicyclic) bond motifs is 1.